The van der Waals surface area contributed by atoms with Gasteiger partial charge >= 0.3 is 11.9 Å². The van der Waals surface area contributed by atoms with E-state index in [1.165, 1.54) is 4.90 Å². The van der Waals surface area contributed by atoms with Crippen LogP contribution in [0.5, 0.6) is 0 Å². The number of hydrogen-bond donors (Lipinski definition) is 0. The van der Waals surface area contributed by atoms with E-state index < -0.39 is 5.91 Å². The Bertz CT molecular complexity index is 2010. The topological polar surface area (TPSA) is 172 Å². The minimum absolute atomic E-state index is 0.00935. The highest BCUT2D eigenvalue weighted by Crippen LogP contribution is 2.33. The number of nitriles is 3. The van der Waals surface area contributed by atoms with Gasteiger partial charge in [0.25, 0.3) is 5.91 Å². The molecule has 1 heterocycles. The third kappa shape index (κ3) is 18.1. The predicted molar refractivity (Wildman–Crippen MR) is 261 cm³/mol. The van der Waals surface area contributed by atoms with Crippen LogP contribution in [0.4, 0.5) is 17.1 Å². The van der Waals surface area contributed by atoms with Gasteiger partial charge in [-0.25, -0.2) is 0 Å². The van der Waals surface area contributed by atoms with E-state index in [2.05, 4.69) is 55.0 Å². The van der Waals surface area contributed by atoms with Crippen LogP contribution in [0.1, 0.15) is 156 Å². The van der Waals surface area contributed by atoms with E-state index in [9.17, 15) is 30.2 Å². The van der Waals surface area contributed by atoms with E-state index in [0.29, 0.717) is 37.6 Å². The van der Waals surface area contributed by atoms with Gasteiger partial charge in [0.15, 0.2) is 5.57 Å². The van der Waals surface area contributed by atoms with Gasteiger partial charge in [-0.2, -0.15) is 26.0 Å². The van der Waals surface area contributed by atoms with Crippen molar-refractivity contribution in [2.24, 2.45) is 22.1 Å². The molecule has 2 unspecified atom stereocenters. The maximum atomic E-state index is 13.3. The number of nitrogens with zero attached hydrogens (tertiary/aromatic N) is 7. The van der Waals surface area contributed by atoms with Crippen LogP contribution in [0, 0.1) is 45.8 Å². The zero-order chi connectivity index (χ0) is 47.9. The number of anilines is 1. The summed E-state index contributed by atoms with van der Waals surface area (Å²) in [4.78, 5) is 42.1. The Labute approximate surface area is 395 Å². The van der Waals surface area contributed by atoms with Crippen LogP contribution < -0.4 is 4.90 Å². The van der Waals surface area contributed by atoms with Crippen molar-refractivity contribution in [2.45, 2.75) is 150 Å². The summed E-state index contributed by atoms with van der Waals surface area (Å²) in [6.45, 7) is 13.5. The van der Waals surface area contributed by atoms with Crippen LogP contribution in [0.3, 0.4) is 0 Å². The summed E-state index contributed by atoms with van der Waals surface area (Å²) < 4.78 is 11.2. The van der Waals surface area contributed by atoms with E-state index in [1.807, 2.05) is 61.5 Å². The molecule has 0 N–H and O–H groups in total. The lowest BCUT2D eigenvalue weighted by molar-refractivity contribution is -0.150. The van der Waals surface area contributed by atoms with E-state index >= 15 is 0 Å². The smallest absolute Gasteiger partial charge is 0.308 e. The SMILES string of the molecule is CCCCC(CC)C(=O)OCCCCCCN(CCCCCCOC(=O)C(CC)CCCC)c1ccc(/N=N/c2ccc(/C=C/C3=C(C#N)C(=C(C#N)C#N)N(CCCC)C3=O)cc2)cc1. The third-order valence-corrected chi connectivity index (χ3v) is 12.0. The number of esters is 2. The number of ether oxygens (including phenoxy) is 2. The van der Waals surface area contributed by atoms with Gasteiger partial charge in [-0.05, 0) is 119 Å². The molecule has 0 saturated carbocycles. The van der Waals surface area contributed by atoms with Crippen molar-refractivity contribution in [3.63, 3.8) is 0 Å². The number of hydrogen-bond acceptors (Lipinski definition) is 11. The molecular weight excluding hydrogens is 827 g/mol. The number of benzene rings is 2. The van der Waals surface area contributed by atoms with Crippen LogP contribution in [0.15, 0.2) is 87.3 Å². The molecule has 66 heavy (non-hydrogen) atoms. The standard InChI is InChI=1S/C54H73N7O5/c1-6-11-22-43(9-4)53(63)65-37-20-16-14-18-34-60(35-19-15-17-21-38-66-54(64)44(10-5)23-12-7-2)48-31-29-47(30-32-48)59-58-46-27-24-42(25-28-46)26-33-49-50(41-57)51(45(39-55)40-56)61(52(49)62)36-13-8-3/h24-33,43-44H,6-23,34-38H2,1-5H3/b33-26+,59-58+. The summed E-state index contributed by atoms with van der Waals surface area (Å²) in [6, 6.07) is 21.1. The average Bonchev–Trinajstić information content (AvgIpc) is 3.60. The molecule has 2 aromatic rings. The number of rotatable bonds is 32. The quantitative estimate of drug-likeness (QED) is 0.0300. The highest BCUT2D eigenvalue weighted by molar-refractivity contribution is 6.05. The molecule has 12 nitrogen and oxygen atoms in total. The molecule has 12 heteroatoms. The first-order chi connectivity index (χ1) is 32.2. The molecule has 0 bridgehead atoms. The van der Waals surface area contributed by atoms with Gasteiger partial charge in [0, 0.05) is 25.3 Å². The monoisotopic (exact) mass is 900 g/mol. The second kappa shape index (κ2) is 31.8. The molecule has 0 aromatic heterocycles. The van der Waals surface area contributed by atoms with Crippen molar-refractivity contribution in [3.8, 4) is 18.2 Å². The van der Waals surface area contributed by atoms with Crippen molar-refractivity contribution in [3.05, 3.63) is 82.6 Å². The van der Waals surface area contributed by atoms with Crippen LogP contribution in [0.25, 0.3) is 6.08 Å². The summed E-state index contributed by atoms with van der Waals surface area (Å²) in [7, 11) is 0. The van der Waals surface area contributed by atoms with Crippen molar-refractivity contribution in [1.82, 2.24) is 4.90 Å². The second-order valence-corrected chi connectivity index (χ2v) is 16.9. The molecule has 0 aliphatic carbocycles. The zero-order valence-electron chi connectivity index (χ0n) is 40.4. The van der Waals surface area contributed by atoms with Gasteiger partial charge in [-0.3, -0.25) is 14.4 Å². The Morgan fingerprint density at radius 3 is 1.59 bits per heavy atom. The van der Waals surface area contributed by atoms with E-state index in [-0.39, 0.29) is 46.2 Å². The summed E-state index contributed by atoms with van der Waals surface area (Å²) in [5, 5.41) is 37.9. The number of unbranched alkanes of at least 4 members (excludes halogenated alkanes) is 9. The van der Waals surface area contributed by atoms with Crippen molar-refractivity contribution in [1.29, 1.82) is 15.8 Å². The molecule has 0 radical (unpaired) electrons. The predicted octanol–water partition coefficient (Wildman–Crippen LogP) is 13.3. The van der Waals surface area contributed by atoms with E-state index in [0.717, 1.165) is 133 Å². The minimum Gasteiger partial charge on any atom is -0.465 e. The Morgan fingerprint density at radius 2 is 1.14 bits per heavy atom. The summed E-state index contributed by atoms with van der Waals surface area (Å²) >= 11 is 0. The highest BCUT2D eigenvalue weighted by Gasteiger charge is 2.36. The molecule has 1 amide bonds. The van der Waals surface area contributed by atoms with Crippen LogP contribution in [-0.2, 0) is 23.9 Å². The number of allylic oxidation sites excluding steroid dienone is 2. The fourth-order valence-corrected chi connectivity index (χ4v) is 7.83. The first-order valence-electron chi connectivity index (χ1n) is 24.6. The molecule has 1 aliphatic heterocycles. The average molecular weight is 900 g/mol. The molecule has 0 saturated heterocycles. The zero-order valence-corrected chi connectivity index (χ0v) is 40.4. The molecule has 0 fully saturated rings. The Balaban J connectivity index is 1.61. The Kier molecular flexibility index (Phi) is 26.1. The summed E-state index contributed by atoms with van der Waals surface area (Å²) in [5.41, 5.74) is 3.23. The number of carbonyl (C=O) groups is 3. The van der Waals surface area contributed by atoms with E-state index in [4.69, 9.17) is 9.47 Å². The first kappa shape index (κ1) is 54.3. The lowest BCUT2D eigenvalue weighted by Gasteiger charge is -2.25. The van der Waals surface area contributed by atoms with Gasteiger partial charge in [0.05, 0.1) is 53.3 Å². The van der Waals surface area contributed by atoms with Gasteiger partial charge in [0.1, 0.15) is 18.2 Å². The number of amides is 1. The summed E-state index contributed by atoms with van der Waals surface area (Å²) in [6.07, 6.45) is 20.3. The van der Waals surface area contributed by atoms with Crippen molar-refractivity contribution >= 4 is 41.0 Å². The van der Waals surface area contributed by atoms with Gasteiger partial charge in [-0.15, -0.1) is 0 Å². The highest BCUT2D eigenvalue weighted by atomic mass is 16.5. The maximum absolute atomic E-state index is 13.3. The third-order valence-electron chi connectivity index (χ3n) is 12.0. The molecule has 0 spiro atoms. The maximum Gasteiger partial charge on any atom is 0.308 e. The number of azo groups is 1. The lowest BCUT2D eigenvalue weighted by atomic mass is 10.00. The number of carbonyl (C=O) groups excluding carboxylic acids is 3. The molecule has 3 rings (SSSR count). The first-order valence-corrected chi connectivity index (χ1v) is 24.6. The molecule has 2 aromatic carbocycles. The Hall–Kier alpha value is -6.06. The Morgan fingerprint density at radius 1 is 0.652 bits per heavy atom. The lowest BCUT2D eigenvalue weighted by Crippen LogP contribution is -2.27. The van der Waals surface area contributed by atoms with Gasteiger partial charge in [0.2, 0.25) is 0 Å². The fourth-order valence-electron chi connectivity index (χ4n) is 7.83. The van der Waals surface area contributed by atoms with Crippen LogP contribution in [0.2, 0.25) is 0 Å². The largest absolute Gasteiger partial charge is 0.465 e. The second-order valence-electron chi connectivity index (χ2n) is 16.9. The van der Waals surface area contributed by atoms with Gasteiger partial charge in [-0.1, -0.05) is 97.8 Å². The minimum atomic E-state index is -0.405. The van der Waals surface area contributed by atoms with E-state index in [1.54, 1.807) is 12.2 Å². The normalized spacial score (nSPS) is 13.5. The molecular formula is C54H73N7O5. The molecule has 1 aliphatic rings. The van der Waals surface area contributed by atoms with Crippen LogP contribution in [-0.4, -0.2) is 55.6 Å². The van der Waals surface area contributed by atoms with Crippen molar-refractivity contribution in [2.75, 3.05) is 37.7 Å². The van der Waals surface area contributed by atoms with Crippen molar-refractivity contribution < 1.29 is 23.9 Å². The fraction of sp³-hybridized carbons (Fsp3) is 0.556. The molecule has 354 valence electrons. The van der Waals surface area contributed by atoms with Gasteiger partial charge < -0.3 is 19.3 Å². The summed E-state index contributed by atoms with van der Waals surface area (Å²) in [5.74, 6) is -0.491. The molecule has 2 atom stereocenters. The van der Waals surface area contributed by atoms with Crippen LogP contribution >= 0.6 is 0 Å².